The van der Waals surface area contributed by atoms with E-state index in [0.29, 0.717) is 25.4 Å². The lowest BCUT2D eigenvalue weighted by Gasteiger charge is -2.52. The van der Waals surface area contributed by atoms with Gasteiger partial charge in [0, 0.05) is 19.5 Å². The Kier molecular flexibility index (Phi) is 8.82. The van der Waals surface area contributed by atoms with E-state index in [4.69, 9.17) is 10.5 Å². The van der Waals surface area contributed by atoms with Crippen molar-refractivity contribution in [1.82, 2.24) is 14.7 Å². The van der Waals surface area contributed by atoms with Crippen molar-refractivity contribution < 1.29 is 19.1 Å². The summed E-state index contributed by atoms with van der Waals surface area (Å²) in [5, 5.41) is 0. The molecule has 2 atom stereocenters. The highest BCUT2D eigenvalue weighted by atomic mass is 16.6. The first-order chi connectivity index (χ1) is 17.9. The Labute approximate surface area is 219 Å². The number of hydrogen-bond acceptors (Lipinski definition) is 5. The number of hydrogen-bond donors (Lipinski definition) is 1. The van der Waals surface area contributed by atoms with Gasteiger partial charge in [0.25, 0.3) is 0 Å². The SMILES string of the molecule is CC(C)c1ccc(COC(=O)N2CCC(=O)N3C2CN(Cc2ccccc2)C(=O)[C@@H]3CCCCN)cc1. The Morgan fingerprint density at radius 2 is 1.76 bits per heavy atom. The van der Waals surface area contributed by atoms with Gasteiger partial charge in [-0.05, 0) is 48.4 Å². The standard InChI is InChI=1S/C29H38N4O4/c1-21(2)24-13-11-23(12-14-24)20-37-29(36)32-17-15-27(34)33-25(10-6-7-16-30)28(35)31(19-26(32)33)18-22-8-4-3-5-9-22/h3-5,8-9,11-14,21,25-26H,6-7,10,15-20,30H2,1-2H3/t25-,26?/m0/s1. The van der Waals surface area contributed by atoms with Crippen LogP contribution in [0, 0.1) is 0 Å². The van der Waals surface area contributed by atoms with Gasteiger partial charge in [0.1, 0.15) is 18.8 Å². The third-order valence-corrected chi connectivity index (χ3v) is 7.24. The topological polar surface area (TPSA) is 96.2 Å². The number of ether oxygens (including phenoxy) is 1. The van der Waals surface area contributed by atoms with E-state index in [0.717, 1.165) is 24.0 Å². The molecule has 0 bridgehead atoms. The molecule has 2 aliphatic rings. The molecule has 0 aromatic heterocycles. The van der Waals surface area contributed by atoms with E-state index in [-0.39, 0.29) is 37.9 Å². The third-order valence-electron chi connectivity index (χ3n) is 7.24. The van der Waals surface area contributed by atoms with Crippen LogP contribution in [-0.4, -0.2) is 64.4 Å². The lowest BCUT2D eigenvalue weighted by molar-refractivity contribution is -0.169. The third kappa shape index (κ3) is 6.31. The first kappa shape index (κ1) is 26.7. The van der Waals surface area contributed by atoms with E-state index < -0.39 is 18.3 Å². The molecule has 2 N–H and O–H groups in total. The first-order valence-electron chi connectivity index (χ1n) is 13.2. The number of nitrogens with zero attached hydrogens (tertiary/aromatic N) is 3. The Morgan fingerprint density at radius 1 is 1.03 bits per heavy atom. The molecule has 0 spiro atoms. The summed E-state index contributed by atoms with van der Waals surface area (Å²) in [5.74, 6) is 0.258. The van der Waals surface area contributed by atoms with E-state index >= 15 is 0 Å². The molecule has 2 aromatic rings. The number of benzene rings is 2. The number of carbonyl (C=O) groups excluding carboxylic acids is 3. The van der Waals surface area contributed by atoms with Crippen LogP contribution in [0.3, 0.4) is 0 Å². The van der Waals surface area contributed by atoms with Gasteiger partial charge in [-0.3, -0.25) is 14.5 Å². The monoisotopic (exact) mass is 506 g/mol. The van der Waals surface area contributed by atoms with E-state index in [1.54, 1.807) is 14.7 Å². The second-order valence-electron chi connectivity index (χ2n) is 10.2. The number of fused-ring (bicyclic) bond motifs is 1. The molecule has 2 aliphatic heterocycles. The zero-order valence-electron chi connectivity index (χ0n) is 21.8. The van der Waals surface area contributed by atoms with Crippen molar-refractivity contribution in [1.29, 1.82) is 0 Å². The zero-order valence-corrected chi connectivity index (χ0v) is 21.8. The number of amides is 3. The van der Waals surface area contributed by atoms with Gasteiger partial charge in [0.05, 0.1) is 6.54 Å². The van der Waals surface area contributed by atoms with Crippen molar-refractivity contribution >= 4 is 17.9 Å². The average molecular weight is 507 g/mol. The number of unbranched alkanes of at least 4 members (excludes halogenated alkanes) is 1. The van der Waals surface area contributed by atoms with E-state index in [9.17, 15) is 14.4 Å². The van der Waals surface area contributed by atoms with Crippen molar-refractivity contribution in [2.24, 2.45) is 5.73 Å². The Bertz CT molecular complexity index is 1070. The van der Waals surface area contributed by atoms with Gasteiger partial charge in [-0.2, -0.15) is 0 Å². The molecule has 1 unspecified atom stereocenters. The van der Waals surface area contributed by atoms with Crippen LogP contribution < -0.4 is 5.73 Å². The molecule has 8 nitrogen and oxygen atoms in total. The Balaban J connectivity index is 1.51. The normalized spacial score (nSPS) is 19.8. The van der Waals surface area contributed by atoms with Crippen LogP contribution in [0.1, 0.15) is 62.1 Å². The number of rotatable bonds is 9. The Hall–Kier alpha value is -3.39. The predicted molar refractivity (Wildman–Crippen MR) is 141 cm³/mol. The predicted octanol–water partition coefficient (Wildman–Crippen LogP) is 3.85. The largest absolute Gasteiger partial charge is 0.444 e. The summed E-state index contributed by atoms with van der Waals surface area (Å²) >= 11 is 0. The van der Waals surface area contributed by atoms with Crippen LogP contribution in [0.4, 0.5) is 4.79 Å². The van der Waals surface area contributed by atoms with E-state index in [1.807, 2.05) is 42.5 Å². The molecule has 2 fully saturated rings. The quantitative estimate of drug-likeness (QED) is 0.521. The van der Waals surface area contributed by atoms with Crippen molar-refractivity contribution in [3.05, 3.63) is 71.3 Å². The average Bonchev–Trinajstić information content (AvgIpc) is 2.90. The maximum atomic E-state index is 13.6. The van der Waals surface area contributed by atoms with Gasteiger partial charge in [0.2, 0.25) is 11.8 Å². The summed E-state index contributed by atoms with van der Waals surface area (Å²) < 4.78 is 5.70. The van der Waals surface area contributed by atoms with Crippen LogP contribution in [-0.2, 0) is 27.5 Å². The molecule has 37 heavy (non-hydrogen) atoms. The summed E-state index contributed by atoms with van der Waals surface area (Å²) in [5.41, 5.74) is 8.83. The highest BCUT2D eigenvalue weighted by Gasteiger charge is 2.48. The molecule has 198 valence electrons. The fourth-order valence-corrected chi connectivity index (χ4v) is 5.13. The minimum absolute atomic E-state index is 0.0778. The maximum Gasteiger partial charge on any atom is 0.411 e. The molecular formula is C29H38N4O4. The molecule has 0 saturated carbocycles. The molecular weight excluding hydrogens is 468 g/mol. The van der Waals surface area contributed by atoms with Gasteiger partial charge in [-0.1, -0.05) is 68.4 Å². The molecule has 2 aromatic carbocycles. The highest BCUT2D eigenvalue weighted by Crippen LogP contribution is 2.29. The summed E-state index contributed by atoms with van der Waals surface area (Å²) in [7, 11) is 0. The zero-order chi connectivity index (χ0) is 26.4. The van der Waals surface area contributed by atoms with Gasteiger partial charge in [-0.25, -0.2) is 4.79 Å². The summed E-state index contributed by atoms with van der Waals surface area (Å²) in [6.45, 7) is 5.91. The van der Waals surface area contributed by atoms with Gasteiger partial charge in [0.15, 0.2) is 0 Å². The first-order valence-corrected chi connectivity index (χ1v) is 13.2. The number of carbonyl (C=O) groups is 3. The minimum atomic E-state index is -0.610. The minimum Gasteiger partial charge on any atom is -0.444 e. The molecule has 2 saturated heterocycles. The summed E-state index contributed by atoms with van der Waals surface area (Å²) in [6.07, 6.45) is 1.19. The molecule has 8 heteroatoms. The molecule has 3 amide bonds. The fraction of sp³-hybridized carbons (Fsp3) is 0.483. The van der Waals surface area contributed by atoms with Crippen molar-refractivity contribution in [2.45, 2.75) is 70.8 Å². The summed E-state index contributed by atoms with van der Waals surface area (Å²) in [6, 6.07) is 17.2. The lowest BCUT2D eigenvalue weighted by Crippen LogP contribution is -2.71. The van der Waals surface area contributed by atoms with Crippen LogP contribution in [0.15, 0.2) is 54.6 Å². The van der Waals surface area contributed by atoms with Gasteiger partial charge >= 0.3 is 6.09 Å². The maximum absolute atomic E-state index is 13.6. The second-order valence-corrected chi connectivity index (χ2v) is 10.2. The second kappa shape index (κ2) is 12.2. The number of nitrogens with two attached hydrogens (primary N) is 1. The van der Waals surface area contributed by atoms with Gasteiger partial charge in [-0.15, -0.1) is 0 Å². The molecule has 4 rings (SSSR count). The van der Waals surface area contributed by atoms with Crippen LogP contribution >= 0.6 is 0 Å². The lowest BCUT2D eigenvalue weighted by atomic mass is 9.98. The van der Waals surface area contributed by atoms with Crippen LogP contribution in [0.5, 0.6) is 0 Å². The van der Waals surface area contributed by atoms with Crippen molar-refractivity contribution in [3.8, 4) is 0 Å². The van der Waals surface area contributed by atoms with Crippen LogP contribution in [0.25, 0.3) is 0 Å². The highest BCUT2D eigenvalue weighted by molar-refractivity contribution is 5.90. The van der Waals surface area contributed by atoms with Crippen molar-refractivity contribution in [3.63, 3.8) is 0 Å². The van der Waals surface area contributed by atoms with Crippen molar-refractivity contribution in [2.75, 3.05) is 19.6 Å². The van der Waals surface area contributed by atoms with E-state index in [2.05, 4.69) is 26.0 Å². The van der Waals surface area contributed by atoms with Gasteiger partial charge < -0.3 is 20.3 Å². The Morgan fingerprint density at radius 3 is 2.43 bits per heavy atom. The molecule has 0 radical (unpaired) electrons. The molecule has 0 aliphatic carbocycles. The number of piperazine rings is 1. The summed E-state index contributed by atoms with van der Waals surface area (Å²) in [4.78, 5) is 44.9. The smallest absolute Gasteiger partial charge is 0.411 e. The fourth-order valence-electron chi connectivity index (χ4n) is 5.13. The van der Waals surface area contributed by atoms with E-state index in [1.165, 1.54) is 5.56 Å². The molecule has 2 heterocycles. The van der Waals surface area contributed by atoms with Crippen LogP contribution in [0.2, 0.25) is 0 Å².